The lowest BCUT2D eigenvalue weighted by atomic mass is 10.2. The number of nitrogens with zero attached hydrogens (tertiary/aromatic N) is 1. The van der Waals surface area contributed by atoms with Gasteiger partial charge in [-0.25, -0.2) is 0 Å². The van der Waals surface area contributed by atoms with Crippen molar-refractivity contribution >= 4 is 22.1 Å². The third kappa shape index (κ3) is 2.73. The first-order valence-corrected chi connectivity index (χ1v) is 5.56. The van der Waals surface area contributed by atoms with Crippen molar-refractivity contribution in [1.82, 2.24) is 0 Å². The lowest BCUT2D eigenvalue weighted by Crippen LogP contribution is -1.84. The molecule has 82 valence electrons. The fourth-order valence-corrected chi connectivity index (χ4v) is 1.64. The minimum atomic E-state index is 0.214. The average Bonchev–Trinajstić information content (AvgIpc) is 2.76. The zero-order valence-electron chi connectivity index (χ0n) is 8.43. The number of hydrogen-bond acceptors (Lipinski definition) is 3. The first-order chi connectivity index (χ1) is 7.75. The highest BCUT2D eigenvalue weighted by atomic mass is 79.9. The molecule has 0 spiro atoms. The average molecular weight is 280 g/mol. The molecule has 0 unspecified atom stereocenters. The summed E-state index contributed by atoms with van der Waals surface area (Å²) in [6, 6.07) is 8.89. The topological polar surface area (TPSA) is 45.7 Å². The van der Waals surface area contributed by atoms with E-state index in [2.05, 4.69) is 20.9 Å². The Morgan fingerprint density at radius 1 is 1.38 bits per heavy atom. The minimum Gasteiger partial charge on any atom is -0.507 e. The maximum atomic E-state index is 9.56. The molecule has 1 aromatic carbocycles. The van der Waals surface area contributed by atoms with Crippen molar-refractivity contribution in [3.63, 3.8) is 0 Å². The molecule has 3 nitrogen and oxygen atoms in total. The Kier molecular flexibility index (Phi) is 3.41. The number of aromatic hydroxyl groups is 1. The van der Waals surface area contributed by atoms with E-state index in [1.807, 2.05) is 12.1 Å². The van der Waals surface area contributed by atoms with Crippen LogP contribution in [0, 0.1) is 0 Å². The summed E-state index contributed by atoms with van der Waals surface area (Å²) in [5.41, 5.74) is 0.681. The summed E-state index contributed by atoms with van der Waals surface area (Å²) in [4.78, 5) is 4.19. The fourth-order valence-electron chi connectivity index (χ4n) is 1.27. The largest absolute Gasteiger partial charge is 0.507 e. The van der Waals surface area contributed by atoms with Crippen LogP contribution in [0.4, 0.5) is 0 Å². The highest BCUT2D eigenvalue weighted by molar-refractivity contribution is 9.10. The highest BCUT2D eigenvalue weighted by Gasteiger charge is 1.98. The molecule has 0 aliphatic rings. The van der Waals surface area contributed by atoms with Crippen molar-refractivity contribution in [1.29, 1.82) is 0 Å². The van der Waals surface area contributed by atoms with Crippen LogP contribution in [0.1, 0.15) is 11.3 Å². The molecule has 0 aliphatic heterocycles. The normalized spacial score (nSPS) is 11.1. The van der Waals surface area contributed by atoms with E-state index in [0.29, 0.717) is 12.1 Å². The predicted octanol–water partition coefficient (Wildman–Crippen LogP) is 3.37. The van der Waals surface area contributed by atoms with Crippen LogP contribution in [-0.4, -0.2) is 11.3 Å². The summed E-state index contributed by atoms with van der Waals surface area (Å²) in [7, 11) is 0. The molecule has 0 aliphatic carbocycles. The molecule has 16 heavy (non-hydrogen) atoms. The van der Waals surface area contributed by atoms with E-state index in [0.717, 1.165) is 10.2 Å². The predicted molar refractivity (Wildman–Crippen MR) is 65.8 cm³/mol. The van der Waals surface area contributed by atoms with Crippen LogP contribution in [0.3, 0.4) is 0 Å². The lowest BCUT2D eigenvalue weighted by molar-refractivity contribution is 0.474. The SMILES string of the molecule is Oc1ccc(Br)cc1C=NCc1ccco1. The van der Waals surface area contributed by atoms with Crippen LogP contribution < -0.4 is 0 Å². The van der Waals surface area contributed by atoms with Gasteiger partial charge in [0.05, 0.1) is 12.8 Å². The molecule has 1 aromatic heterocycles. The molecule has 0 radical (unpaired) electrons. The number of halogens is 1. The van der Waals surface area contributed by atoms with Gasteiger partial charge in [-0.1, -0.05) is 15.9 Å². The van der Waals surface area contributed by atoms with Gasteiger partial charge in [-0.05, 0) is 30.3 Å². The van der Waals surface area contributed by atoms with Gasteiger partial charge in [-0.2, -0.15) is 0 Å². The van der Waals surface area contributed by atoms with Crippen LogP contribution in [-0.2, 0) is 6.54 Å². The fraction of sp³-hybridized carbons (Fsp3) is 0.0833. The van der Waals surface area contributed by atoms with Gasteiger partial charge in [0.2, 0.25) is 0 Å². The highest BCUT2D eigenvalue weighted by Crippen LogP contribution is 2.20. The van der Waals surface area contributed by atoms with Crippen LogP contribution >= 0.6 is 15.9 Å². The van der Waals surface area contributed by atoms with Gasteiger partial charge < -0.3 is 9.52 Å². The monoisotopic (exact) mass is 279 g/mol. The first kappa shape index (κ1) is 11.0. The number of furan rings is 1. The second-order valence-electron chi connectivity index (χ2n) is 3.25. The maximum absolute atomic E-state index is 9.56. The number of phenols is 1. The lowest BCUT2D eigenvalue weighted by Gasteiger charge is -1.98. The van der Waals surface area contributed by atoms with Crippen LogP contribution in [0.5, 0.6) is 5.75 Å². The summed E-state index contributed by atoms with van der Waals surface area (Å²) in [5.74, 6) is 1.01. The van der Waals surface area contributed by atoms with Gasteiger partial charge in [-0.3, -0.25) is 4.99 Å². The smallest absolute Gasteiger partial charge is 0.125 e. The van der Waals surface area contributed by atoms with Gasteiger partial charge >= 0.3 is 0 Å². The van der Waals surface area contributed by atoms with Crippen LogP contribution in [0.25, 0.3) is 0 Å². The quantitative estimate of drug-likeness (QED) is 0.876. The molecule has 0 amide bonds. The summed E-state index contributed by atoms with van der Waals surface area (Å²) in [6.07, 6.45) is 3.24. The molecular formula is C12H10BrNO2. The van der Waals surface area contributed by atoms with Crippen molar-refractivity contribution in [2.75, 3.05) is 0 Å². The Labute approximate surface area is 102 Å². The van der Waals surface area contributed by atoms with E-state index in [-0.39, 0.29) is 5.75 Å². The zero-order valence-corrected chi connectivity index (χ0v) is 10.0. The van der Waals surface area contributed by atoms with E-state index in [9.17, 15) is 5.11 Å². The van der Waals surface area contributed by atoms with Crippen LogP contribution in [0.15, 0.2) is 50.5 Å². The molecular weight excluding hydrogens is 270 g/mol. The van der Waals surface area contributed by atoms with Crippen molar-refractivity contribution in [3.8, 4) is 5.75 Å². The molecule has 0 saturated heterocycles. The maximum Gasteiger partial charge on any atom is 0.125 e. The summed E-state index contributed by atoms with van der Waals surface area (Å²) >= 11 is 3.34. The van der Waals surface area contributed by atoms with E-state index < -0.39 is 0 Å². The summed E-state index contributed by atoms with van der Waals surface area (Å²) in [5, 5.41) is 9.56. The van der Waals surface area contributed by atoms with E-state index in [4.69, 9.17) is 4.42 Å². The molecule has 0 saturated carbocycles. The number of hydrogen-bond donors (Lipinski definition) is 1. The standard InChI is InChI=1S/C12H10BrNO2/c13-10-3-4-12(15)9(6-10)7-14-8-11-2-1-5-16-11/h1-7,15H,8H2. The number of aliphatic imine (C=N–C) groups is 1. The van der Waals surface area contributed by atoms with Crippen molar-refractivity contribution < 1.29 is 9.52 Å². The number of phenolic OH excluding ortho intramolecular Hbond substituents is 1. The molecule has 2 aromatic rings. The van der Waals surface area contributed by atoms with Gasteiger partial charge in [0.25, 0.3) is 0 Å². The van der Waals surface area contributed by atoms with Crippen molar-refractivity contribution in [2.24, 2.45) is 4.99 Å². The molecule has 1 heterocycles. The van der Waals surface area contributed by atoms with Gasteiger partial charge in [0.1, 0.15) is 11.5 Å². The number of rotatable bonds is 3. The zero-order chi connectivity index (χ0) is 11.4. The number of benzene rings is 1. The van der Waals surface area contributed by atoms with Gasteiger partial charge in [-0.15, -0.1) is 0 Å². The molecule has 2 rings (SSSR count). The van der Waals surface area contributed by atoms with E-state index in [1.54, 1.807) is 30.7 Å². The summed E-state index contributed by atoms with van der Waals surface area (Å²) < 4.78 is 6.05. The Morgan fingerprint density at radius 2 is 2.25 bits per heavy atom. The Bertz CT molecular complexity index is 492. The Hall–Kier alpha value is -1.55. The third-order valence-corrected chi connectivity index (χ3v) is 2.54. The van der Waals surface area contributed by atoms with Crippen molar-refractivity contribution in [3.05, 3.63) is 52.4 Å². The molecule has 0 bridgehead atoms. The van der Waals surface area contributed by atoms with E-state index in [1.165, 1.54) is 0 Å². The summed E-state index contributed by atoms with van der Waals surface area (Å²) in [6.45, 7) is 0.471. The van der Waals surface area contributed by atoms with E-state index >= 15 is 0 Å². The molecule has 0 atom stereocenters. The molecule has 4 heteroatoms. The molecule has 0 fully saturated rings. The second-order valence-corrected chi connectivity index (χ2v) is 4.17. The van der Waals surface area contributed by atoms with Gasteiger partial charge in [0.15, 0.2) is 0 Å². The Morgan fingerprint density at radius 3 is 3.00 bits per heavy atom. The second kappa shape index (κ2) is 4.99. The first-order valence-electron chi connectivity index (χ1n) is 4.76. The van der Waals surface area contributed by atoms with Crippen molar-refractivity contribution in [2.45, 2.75) is 6.54 Å². The van der Waals surface area contributed by atoms with Crippen LogP contribution in [0.2, 0.25) is 0 Å². The molecule has 1 N–H and O–H groups in total. The minimum absolute atomic E-state index is 0.214. The van der Waals surface area contributed by atoms with Gasteiger partial charge in [0, 0.05) is 16.3 Å². The third-order valence-electron chi connectivity index (χ3n) is 2.05. The Balaban J connectivity index is 2.08.